The zero-order valence-corrected chi connectivity index (χ0v) is 14.1. The normalized spacial score (nSPS) is 11.5. The van der Waals surface area contributed by atoms with E-state index in [0.717, 1.165) is 6.42 Å². The summed E-state index contributed by atoms with van der Waals surface area (Å²) < 4.78 is 4.54. The molecule has 0 fully saturated rings. The Hall–Kier alpha value is -1.05. The molecule has 0 saturated heterocycles. The van der Waals surface area contributed by atoms with Crippen LogP contribution in [0.25, 0.3) is 0 Å². The predicted molar refractivity (Wildman–Crippen MR) is 91.4 cm³/mol. The van der Waals surface area contributed by atoms with Crippen LogP contribution in [0.2, 0.25) is 0 Å². The van der Waals surface area contributed by atoms with Gasteiger partial charge in [-0.3, -0.25) is 0 Å². The Balaban J connectivity index is 3.17. The summed E-state index contributed by atoms with van der Waals surface area (Å²) in [5.41, 5.74) is 0. The van der Waals surface area contributed by atoms with Gasteiger partial charge in [0.15, 0.2) is 0 Å². The molecule has 0 aromatic rings. The Bertz CT molecular complexity index is 279. The van der Waals surface area contributed by atoms with Crippen molar-refractivity contribution in [2.45, 2.75) is 84.0 Å². The lowest BCUT2D eigenvalue weighted by atomic mass is 10.1. The van der Waals surface area contributed by atoms with Gasteiger partial charge in [-0.1, -0.05) is 63.7 Å². The molecule has 0 aromatic heterocycles. The molecule has 122 valence electrons. The van der Waals surface area contributed by atoms with E-state index < -0.39 is 0 Å². The summed E-state index contributed by atoms with van der Waals surface area (Å²) in [6, 6.07) is 0. The lowest BCUT2D eigenvalue weighted by Gasteiger charge is -1.98. The smallest absolute Gasteiger partial charge is 0.330 e. The standard InChI is InChI=1S/C19H34O2/c1-3-4-5-6-7-8-9-10-11-12-13-14-15-16-17-18-19(20)21-2/h8-9,17-18H,3-7,10-16H2,1-2H3/b9-8-,18-17+. The molecule has 0 aromatic carbocycles. The van der Waals surface area contributed by atoms with Crippen molar-refractivity contribution in [3.8, 4) is 0 Å². The summed E-state index contributed by atoms with van der Waals surface area (Å²) in [6.45, 7) is 2.26. The number of allylic oxidation sites excluding steroid dienone is 3. The van der Waals surface area contributed by atoms with Crippen LogP contribution < -0.4 is 0 Å². The van der Waals surface area contributed by atoms with Gasteiger partial charge in [0.1, 0.15) is 0 Å². The Morgan fingerprint density at radius 1 is 0.762 bits per heavy atom. The minimum Gasteiger partial charge on any atom is -0.466 e. The van der Waals surface area contributed by atoms with Crippen molar-refractivity contribution in [2.24, 2.45) is 0 Å². The monoisotopic (exact) mass is 294 g/mol. The lowest BCUT2D eigenvalue weighted by Crippen LogP contribution is -1.93. The van der Waals surface area contributed by atoms with Crippen molar-refractivity contribution in [1.82, 2.24) is 0 Å². The van der Waals surface area contributed by atoms with E-state index in [4.69, 9.17) is 0 Å². The van der Waals surface area contributed by atoms with Gasteiger partial charge in [-0.15, -0.1) is 0 Å². The van der Waals surface area contributed by atoms with Crippen LogP contribution in [-0.4, -0.2) is 13.1 Å². The first-order valence-electron chi connectivity index (χ1n) is 8.70. The second kappa shape index (κ2) is 17.0. The largest absolute Gasteiger partial charge is 0.466 e. The zero-order valence-electron chi connectivity index (χ0n) is 14.1. The number of rotatable bonds is 14. The van der Waals surface area contributed by atoms with Gasteiger partial charge in [0.2, 0.25) is 0 Å². The van der Waals surface area contributed by atoms with E-state index in [9.17, 15) is 4.79 Å². The Morgan fingerprint density at radius 3 is 1.76 bits per heavy atom. The minimum absolute atomic E-state index is 0.253. The fraction of sp³-hybridized carbons (Fsp3) is 0.737. The molecule has 0 saturated carbocycles. The molecular formula is C19H34O2. The van der Waals surface area contributed by atoms with Crippen LogP contribution in [0.4, 0.5) is 0 Å². The highest BCUT2D eigenvalue weighted by Gasteiger charge is 1.91. The van der Waals surface area contributed by atoms with Crippen molar-refractivity contribution >= 4 is 5.97 Å². The first-order chi connectivity index (χ1) is 10.3. The van der Waals surface area contributed by atoms with Gasteiger partial charge in [0, 0.05) is 6.08 Å². The van der Waals surface area contributed by atoms with Gasteiger partial charge in [0.05, 0.1) is 7.11 Å². The van der Waals surface area contributed by atoms with Gasteiger partial charge < -0.3 is 4.74 Å². The number of unbranched alkanes of at least 4 members (excludes halogenated alkanes) is 10. The predicted octanol–water partition coefficient (Wildman–Crippen LogP) is 5.97. The Kier molecular flexibility index (Phi) is 16.2. The lowest BCUT2D eigenvalue weighted by molar-refractivity contribution is -0.134. The molecule has 0 rings (SSSR count). The molecule has 0 N–H and O–H groups in total. The first kappa shape index (κ1) is 19.9. The van der Waals surface area contributed by atoms with Crippen LogP contribution in [0.3, 0.4) is 0 Å². The van der Waals surface area contributed by atoms with E-state index in [1.807, 2.05) is 6.08 Å². The molecule has 0 amide bonds. The van der Waals surface area contributed by atoms with Crippen LogP contribution in [0.15, 0.2) is 24.3 Å². The van der Waals surface area contributed by atoms with Gasteiger partial charge >= 0.3 is 5.97 Å². The van der Waals surface area contributed by atoms with E-state index in [1.54, 1.807) is 0 Å². The van der Waals surface area contributed by atoms with Gasteiger partial charge in [0.25, 0.3) is 0 Å². The third-order valence-corrected chi connectivity index (χ3v) is 3.59. The summed E-state index contributed by atoms with van der Waals surface area (Å²) in [5.74, 6) is -0.253. The number of hydrogen-bond acceptors (Lipinski definition) is 2. The average molecular weight is 294 g/mol. The molecule has 0 heterocycles. The quantitative estimate of drug-likeness (QED) is 0.171. The highest BCUT2D eigenvalue weighted by Crippen LogP contribution is 2.09. The fourth-order valence-electron chi connectivity index (χ4n) is 2.23. The molecule has 21 heavy (non-hydrogen) atoms. The van der Waals surface area contributed by atoms with Crippen molar-refractivity contribution in [2.75, 3.05) is 7.11 Å². The van der Waals surface area contributed by atoms with E-state index in [0.29, 0.717) is 0 Å². The SMILES string of the molecule is CCCCCC/C=C\CCCCCCC/C=C/C(=O)OC. The molecule has 0 spiro atoms. The van der Waals surface area contributed by atoms with Crippen molar-refractivity contribution in [1.29, 1.82) is 0 Å². The maximum atomic E-state index is 10.8. The highest BCUT2D eigenvalue weighted by atomic mass is 16.5. The van der Waals surface area contributed by atoms with Gasteiger partial charge in [-0.2, -0.15) is 0 Å². The highest BCUT2D eigenvalue weighted by molar-refractivity contribution is 5.81. The second-order valence-corrected chi connectivity index (χ2v) is 5.59. The number of carbonyl (C=O) groups excluding carboxylic acids is 1. The maximum Gasteiger partial charge on any atom is 0.330 e. The molecule has 2 nitrogen and oxygen atoms in total. The summed E-state index contributed by atoms with van der Waals surface area (Å²) in [4.78, 5) is 10.8. The Labute approximate surface area is 131 Å². The van der Waals surface area contributed by atoms with E-state index >= 15 is 0 Å². The molecule has 0 atom stereocenters. The number of hydrogen-bond donors (Lipinski definition) is 0. The van der Waals surface area contributed by atoms with Crippen LogP contribution >= 0.6 is 0 Å². The molecule has 0 aliphatic rings. The van der Waals surface area contributed by atoms with Crippen LogP contribution in [-0.2, 0) is 9.53 Å². The first-order valence-corrected chi connectivity index (χ1v) is 8.70. The van der Waals surface area contributed by atoms with Gasteiger partial charge in [-0.25, -0.2) is 4.79 Å². The maximum absolute atomic E-state index is 10.8. The van der Waals surface area contributed by atoms with E-state index in [1.165, 1.54) is 83.8 Å². The van der Waals surface area contributed by atoms with Crippen LogP contribution in [0, 0.1) is 0 Å². The molecule has 0 bridgehead atoms. The molecule has 0 unspecified atom stereocenters. The van der Waals surface area contributed by atoms with Crippen LogP contribution in [0.1, 0.15) is 84.0 Å². The zero-order chi connectivity index (χ0) is 15.6. The van der Waals surface area contributed by atoms with Crippen molar-refractivity contribution in [3.05, 3.63) is 24.3 Å². The average Bonchev–Trinajstić information content (AvgIpc) is 2.50. The topological polar surface area (TPSA) is 26.3 Å². The number of methoxy groups -OCH3 is 1. The molecule has 0 aliphatic heterocycles. The third-order valence-electron chi connectivity index (χ3n) is 3.59. The van der Waals surface area contributed by atoms with E-state index in [2.05, 4.69) is 23.8 Å². The summed E-state index contributed by atoms with van der Waals surface area (Å²) in [5, 5.41) is 0. The molecular weight excluding hydrogens is 260 g/mol. The minimum atomic E-state index is -0.253. The number of ether oxygens (including phenoxy) is 1. The van der Waals surface area contributed by atoms with E-state index in [-0.39, 0.29) is 5.97 Å². The Morgan fingerprint density at radius 2 is 1.24 bits per heavy atom. The molecule has 0 radical (unpaired) electrons. The third kappa shape index (κ3) is 16.9. The second-order valence-electron chi connectivity index (χ2n) is 5.59. The van der Waals surface area contributed by atoms with Crippen LogP contribution in [0.5, 0.6) is 0 Å². The molecule has 2 heteroatoms. The summed E-state index contributed by atoms with van der Waals surface area (Å²) in [6.07, 6.45) is 23.4. The summed E-state index contributed by atoms with van der Waals surface area (Å²) in [7, 11) is 1.41. The number of esters is 1. The van der Waals surface area contributed by atoms with Crippen molar-refractivity contribution < 1.29 is 9.53 Å². The number of carbonyl (C=O) groups is 1. The fourth-order valence-corrected chi connectivity index (χ4v) is 2.23. The van der Waals surface area contributed by atoms with Gasteiger partial charge in [-0.05, 0) is 38.5 Å². The summed E-state index contributed by atoms with van der Waals surface area (Å²) >= 11 is 0. The van der Waals surface area contributed by atoms with Crippen molar-refractivity contribution in [3.63, 3.8) is 0 Å². The molecule has 0 aliphatic carbocycles.